The molecule has 0 saturated carbocycles. The number of piperazine rings is 1. The molecule has 36 heavy (non-hydrogen) atoms. The first-order valence-corrected chi connectivity index (χ1v) is 12.3. The molecule has 3 aliphatic heterocycles. The highest BCUT2D eigenvalue weighted by molar-refractivity contribution is 5.95. The SMILES string of the molecule is C/C=N\N1C=CC(Oc2ccc(Nc3ncnc4cc5c(cc34)N3CCNCC3CO5)cc2C)=CC1. The molecule has 4 heterocycles. The highest BCUT2D eigenvalue weighted by Crippen LogP contribution is 2.39. The van der Waals surface area contributed by atoms with Gasteiger partial charge in [-0.2, -0.15) is 5.10 Å². The van der Waals surface area contributed by atoms with Gasteiger partial charge in [0.15, 0.2) is 0 Å². The third-order valence-electron chi connectivity index (χ3n) is 6.63. The van der Waals surface area contributed by atoms with Crippen LogP contribution in [0.15, 0.2) is 65.9 Å². The predicted molar refractivity (Wildman–Crippen MR) is 142 cm³/mol. The number of nitrogens with zero attached hydrogens (tertiary/aromatic N) is 5. The summed E-state index contributed by atoms with van der Waals surface area (Å²) in [6.45, 7) is 8.16. The summed E-state index contributed by atoms with van der Waals surface area (Å²) >= 11 is 0. The quantitative estimate of drug-likeness (QED) is 0.528. The van der Waals surface area contributed by atoms with Crippen LogP contribution in [0.1, 0.15) is 12.5 Å². The van der Waals surface area contributed by atoms with Crippen LogP contribution >= 0.6 is 0 Å². The Hall–Kier alpha value is -4.11. The van der Waals surface area contributed by atoms with Gasteiger partial charge in [0.05, 0.1) is 23.8 Å². The van der Waals surface area contributed by atoms with Crippen molar-refractivity contribution in [3.8, 4) is 11.5 Å². The number of nitrogens with one attached hydrogen (secondary N) is 2. The van der Waals surface area contributed by atoms with E-state index in [2.05, 4.69) is 42.7 Å². The van der Waals surface area contributed by atoms with Gasteiger partial charge in [-0.3, -0.25) is 5.01 Å². The average Bonchev–Trinajstić information content (AvgIpc) is 2.90. The van der Waals surface area contributed by atoms with Gasteiger partial charge in [-0.05, 0) is 55.8 Å². The highest BCUT2D eigenvalue weighted by atomic mass is 16.5. The summed E-state index contributed by atoms with van der Waals surface area (Å²) in [5, 5.41) is 14.0. The molecule has 3 aromatic rings. The van der Waals surface area contributed by atoms with Crippen molar-refractivity contribution in [2.24, 2.45) is 5.10 Å². The summed E-state index contributed by atoms with van der Waals surface area (Å²) < 4.78 is 12.2. The summed E-state index contributed by atoms with van der Waals surface area (Å²) in [7, 11) is 0. The number of aryl methyl sites for hydroxylation is 1. The normalized spacial score (nSPS) is 19.1. The van der Waals surface area contributed by atoms with Gasteiger partial charge in [-0.1, -0.05) is 0 Å². The van der Waals surface area contributed by atoms with Crippen molar-refractivity contribution in [2.45, 2.75) is 19.9 Å². The first-order chi connectivity index (χ1) is 17.7. The zero-order valence-corrected chi connectivity index (χ0v) is 20.4. The predicted octanol–water partition coefficient (Wildman–Crippen LogP) is 3.95. The summed E-state index contributed by atoms with van der Waals surface area (Å²) in [6.07, 6.45) is 9.20. The van der Waals surface area contributed by atoms with Crippen molar-refractivity contribution in [1.29, 1.82) is 0 Å². The topological polar surface area (TPSA) is 87.1 Å². The van der Waals surface area contributed by atoms with Gasteiger partial charge >= 0.3 is 0 Å². The summed E-state index contributed by atoms with van der Waals surface area (Å²) in [6, 6.07) is 10.6. The van der Waals surface area contributed by atoms with Gasteiger partial charge in [0.1, 0.15) is 36.0 Å². The van der Waals surface area contributed by atoms with Crippen LogP contribution in [0, 0.1) is 6.92 Å². The molecule has 0 aliphatic carbocycles. The van der Waals surface area contributed by atoms with Crippen molar-refractivity contribution in [3.63, 3.8) is 0 Å². The Morgan fingerprint density at radius 1 is 1.25 bits per heavy atom. The maximum Gasteiger partial charge on any atom is 0.144 e. The number of allylic oxidation sites excluding steroid dienone is 1. The minimum atomic E-state index is 0.344. The lowest BCUT2D eigenvalue weighted by Gasteiger charge is -2.42. The largest absolute Gasteiger partial charge is 0.489 e. The summed E-state index contributed by atoms with van der Waals surface area (Å²) in [5.74, 6) is 3.27. The molecule has 1 saturated heterocycles. The molecule has 6 rings (SSSR count). The first kappa shape index (κ1) is 22.4. The number of ether oxygens (including phenoxy) is 2. The molecule has 1 fully saturated rings. The number of hydrazone groups is 1. The molecule has 2 aromatic carbocycles. The van der Waals surface area contributed by atoms with Crippen LogP contribution in [-0.2, 0) is 0 Å². The molecule has 0 spiro atoms. The molecule has 0 amide bonds. The Bertz CT molecular complexity index is 1380. The average molecular weight is 484 g/mol. The number of hydrogen-bond acceptors (Lipinski definition) is 9. The first-order valence-electron chi connectivity index (χ1n) is 12.3. The number of benzene rings is 2. The molecule has 0 radical (unpaired) electrons. The van der Waals surface area contributed by atoms with Crippen LogP contribution in [0.25, 0.3) is 10.9 Å². The lowest BCUT2D eigenvalue weighted by molar-refractivity contribution is 0.247. The number of anilines is 3. The van der Waals surface area contributed by atoms with Crippen molar-refractivity contribution < 1.29 is 9.47 Å². The second-order valence-corrected chi connectivity index (χ2v) is 9.05. The number of fused-ring (bicyclic) bond motifs is 4. The lowest BCUT2D eigenvalue weighted by Crippen LogP contribution is -2.55. The summed E-state index contributed by atoms with van der Waals surface area (Å²) in [4.78, 5) is 11.5. The Kier molecular flexibility index (Phi) is 5.90. The highest BCUT2D eigenvalue weighted by Gasteiger charge is 2.30. The van der Waals surface area contributed by atoms with Gasteiger partial charge in [-0.25, -0.2) is 9.97 Å². The van der Waals surface area contributed by atoms with E-state index in [-0.39, 0.29) is 0 Å². The minimum absolute atomic E-state index is 0.344. The van der Waals surface area contributed by atoms with Crippen molar-refractivity contribution >= 4 is 34.3 Å². The van der Waals surface area contributed by atoms with E-state index in [9.17, 15) is 0 Å². The molecule has 3 aliphatic rings. The number of rotatable bonds is 5. The maximum atomic E-state index is 6.12. The smallest absolute Gasteiger partial charge is 0.144 e. The monoisotopic (exact) mass is 483 g/mol. The van der Waals surface area contributed by atoms with Crippen LogP contribution in [0.4, 0.5) is 17.2 Å². The molecule has 184 valence electrons. The second-order valence-electron chi connectivity index (χ2n) is 9.05. The van der Waals surface area contributed by atoms with E-state index >= 15 is 0 Å². The van der Waals surface area contributed by atoms with Crippen LogP contribution in [0.5, 0.6) is 11.5 Å². The minimum Gasteiger partial charge on any atom is -0.489 e. The van der Waals surface area contributed by atoms with Gasteiger partial charge in [-0.15, -0.1) is 0 Å². The number of aromatic nitrogens is 2. The zero-order valence-electron chi connectivity index (χ0n) is 20.4. The Balaban J connectivity index is 1.24. The molecule has 9 heteroatoms. The molecule has 1 aromatic heterocycles. The van der Waals surface area contributed by atoms with Gasteiger partial charge in [0.25, 0.3) is 0 Å². The zero-order chi connectivity index (χ0) is 24.5. The fourth-order valence-electron chi connectivity index (χ4n) is 4.81. The molecular formula is C27H29N7O2. The fourth-order valence-corrected chi connectivity index (χ4v) is 4.81. The Morgan fingerprint density at radius 2 is 2.19 bits per heavy atom. The van der Waals surface area contributed by atoms with E-state index in [1.54, 1.807) is 12.5 Å². The van der Waals surface area contributed by atoms with Gasteiger partial charge < -0.3 is 25.0 Å². The molecule has 1 atom stereocenters. The van der Waals surface area contributed by atoms with E-state index in [4.69, 9.17) is 9.47 Å². The van der Waals surface area contributed by atoms with E-state index in [1.807, 2.05) is 55.4 Å². The van der Waals surface area contributed by atoms with Gasteiger partial charge in [0, 0.05) is 49.2 Å². The molecule has 9 nitrogen and oxygen atoms in total. The molecule has 1 unspecified atom stereocenters. The van der Waals surface area contributed by atoms with Crippen molar-refractivity contribution in [1.82, 2.24) is 20.3 Å². The van der Waals surface area contributed by atoms with Crippen LogP contribution in [0.2, 0.25) is 0 Å². The Labute approximate surface area is 210 Å². The third-order valence-corrected chi connectivity index (χ3v) is 6.63. The Morgan fingerprint density at radius 3 is 3.03 bits per heavy atom. The molecule has 0 bridgehead atoms. The summed E-state index contributed by atoms with van der Waals surface area (Å²) in [5.41, 5.74) is 3.92. The standard InChI is InChI=1S/C27H29N7O2/c1-3-31-33-9-6-21(7-10-33)36-25-5-4-19(12-18(25)2)32-27-22-13-24-26(14-23(22)29-17-30-27)35-16-20-15-28-8-11-34(20)24/h3-7,9,12-14,17,20,28H,8,10-11,15-16H2,1-2H3,(H,29,30,32)/b31-3-. The molecule has 2 N–H and O–H groups in total. The van der Waals surface area contributed by atoms with E-state index < -0.39 is 0 Å². The van der Waals surface area contributed by atoms with E-state index in [0.717, 1.165) is 70.6 Å². The van der Waals surface area contributed by atoms with Gasteiger partial charge in [0.2, 0.25) is 0 Å². The second kappa shape index (κ2) is 9.50. The van der Waals surface area contributed by atoms with Crippen LogP contribution in [-0.4, -0.2) is 60.0 Å². The fraction of sp³-hybridized carbons (Fsp3) is 0.296. The van der Waals surface area contributed by atoms with Crippen LogP contribution < -0.4 is 25.0 Å². The lowest BCUT2D eigenvalue weighted by atomic mass is 10.1. The van der Waals surface area contributed by atoms with E-state index in [0.29, 0.717) is 19.2 Å². The third kappa shape index (κ3) is 4.33. The number of hydrogen-bond donors (Lipinski definition) is 2. The van der Waals surface area contributed by atoms with E-state index in [1.165, 1.54) is 0 Å². The molecular weight excluding hydrogens is 454 g/mol. The van der Waals surface area contributed by atoms with Crippen LogP contribution in [0.3, 0.4) is 0 Å². The maximum absolute atomic E-state index is 6.12. The van der Waals surface area contributed by atoms with Crippen molar-refractivity contribution in [2.75, 3.05) is 43.0 Å². The van der Waals surface area contributed by atoms with Crippen molar-refractivity contribution in [3.05, 3.63) is 66.3 Å².